The van der Waals surface area contributed by atoms with Crippen LogP contribution in [0.2, 0.25) is 5.02 Å². The van der Waals surface area contributed by atoms with Crippen molar-refractivity contribution in [3.63, 3.8) is 0 Å². The molecule has 2 atom stereocenters. The Bertz CT molecular complexity index is 1420. The molecule has 3 heterocycles. The first-order chi connectivity index (χ1) is 17.0. The molecule has 3 aromatic carbocycles. The van der Waals surface area contributed by atoms with Gasteiger partial charge in [0.15, 0.2) is 0 Å². The first kappa shape index (κ1) is 21.9. The van der Waals surface area contributed by atoms with Crippen LogP contribution in [0.25, 0.3) is 0 Å². The number of halogens is 2. The third kappa shape index (κ3) is 4.22. The first-order valence-electron chi connectivity index (χ1n) is 11.0. The van der Waals surface area contributed by atoms with Gasteiger partial charge < -0.3 is 13.9 Å². The third-order valence-corrected chi connectivity index (χ3v) is 6.78. The van der Waals surface area contributed by atoms with Crippen molar-refractivity contribution < 1.29 is 18.7 Å². The van der Waals surface area contributed by atoms with Crippen molar-refractivity contribution >= 4 is 39.2 Å². The largest absolute Gasteiger partial charge is 0.464 e. The van der Waals surface area contributed by atoms with Gasteiger partial charge in [0.2, 0.25) is 6.23 Å². The Morgan fingerprint density at radius 1 is 1.06 bits per heavy atom. The maximum Gasteiger partial charge on any atom is 0.343 e. The van der Waals surface area contributed by atoms with Crippen LogP contribution in [0, 0.1) is 0 Å². The number of hydrazone groups is 1. The standard InChI is InChI=1S/C27H18BrClN2O4/c28-18-7-3-17(4-8-18)27(32)34-20-10-5-16(6-11-20)26-31-23(15-22(30-31)25-2-1-13-33-25)21-14-19(29)9-12-24(21)35-26/h1-14,23,26H,15H2/t23-,26-/m0/s1. The minimum Gasteiger partial charge on any atom is -0.464 e. The lowest BCUT2D eigenvalue weighted by atomic mass is 9.97. The first-order valence-corrected chi connectivity index (χ1v) is 12.2. The fourth-order valence-electron chi connectivity index (χ4n) is 4.32. The van der Waals surface area contributed by atoms with Crippen LogP contribution in [-0.4, -0.2) is 16.7 Å². The summed E-state index contributed by atoms with van der Waals surface area (Å²) in [6, 6.07) is 23.7. The lowest BCUT2D eigenvalue weighted by Crippen LogP contribution is -2.33. The summed E-state index contributed by atoms with van der Waals surface area (Å²) in [5.74, 6) is 1.53. The molecule has 0 saturated heterocycles. The minimum absolute atomic E-state index is 0.0440. The molecule has 0 saturated carbocycles. The molecule has 35 heavy (non-hydrogen) atoms. The number of carbonyl (C=O) groups excluding carboxylic acids is 1. The van der Waals surface area contributed by atoms with Gasteiger partial charge in [-0.2, -0.15) is 5.10 Å². The zero-order valence-corrected chi connectivity index (χ0v) is 20.6. The maximum absolute atomic E-state index is 12.5. The molecule has 0 radical (unpaired) electrons. The Morgan fingerprint density at radius 2 is 1.86 bits per heavy atom. The van der Waals surface area contributed by atoms with E-state index in [9.17, 15) is 4.79 Å². The summed E-state index contributed by atoms with van der Waals surface area (Å²) in [6.07, 6.45) is 1.85. The molecule has 0 unspecified atom stereocenters. The highest BCUT2D eigenvalue weighted by molar-refractivity contribution is 9.10. The van der Waals surface area contributed by atoms with Crippen LogP contribution in [0.15, 0.2) is 99.1 Å². The number of ether oxygens (including phenoxy) is 2. The monoisotopic (exact) mass is 548 g/mol. The third-order valence-electron chi connectivity index (χ3n) is 6.01. The van der Waals surface area contributed by atoms with E-state index in [0.717, 1.165) is 32.8 Å². The van der Waals surface area contributed by atoms with Crippen LogP contribution in [0.5, 0.6) is 11.5 Å². The lowest BCUT2D eigenvalue weighted by molar-refractivity contribution is -0.0190. The molecule has 0 N–H and O–H groups in total. The Balaban J connectivity index is 1.28. The van der Waals surface area contributed by atoms with Gasteiger partial charge in [-0.05, 0) is 78.9 Å². The number of hydrogen-bond donors (Lipinski definition) is 0. The van der Waals surface area contributed by atoms with Crippen LogP contribution in [0.3, 0.4) is 0 Å². The number of carbonyl (C=O) groups is 1. The molecule has 0 aliphatic carbocycles. The average Bonchev–Trinajstić information content (AvgIpc) is 3.55. The number of rotatable bonds is 4. The predicted molar refractivity (Wildman–Crippen MR) is 135 cm³/mol. The van der Waals surface area contributed by atoms with E-state index in [1.54, 1.807) is 42.7 Å². The van der Waals surface area contributed by atoms with Crippen molar-refractivity contribution in [2.45, 2.75) is 18.7 Å². The summed E-state index contributed by atoms with van der Waals surface area (Å²) in [6.45, 7) is 0. The van der Waals surface area contributed by atoms with E-state index >= 15 is 0 Å². The van der Waals surface area contributed by atoms with Crippen LogP contribution < -0.4 is 9.47 Å². The van der Waals surface area contributed by atoms with E-state index < -0.39 is 12.2 Å². The van der Waals surface area contributed by atoms with E-state index in [4.69, 9.17) is 30.6 Å². The molecular weight excluding hydrogens is 532 g/mol. The molecule has 8 heteroatoms. The summed E-state index contributed by atoms with van der Waals surface area (Å²) in [5.41, 5.74) is 3.19. The second-order valence-electron chi connectivity index (χ2n) is 8.24. The number of fused-ring (bicyclic) bond motifs is 3. The molecule has 4 aromatic rings. The lowest BCUT2D eigenvalue weighted by Gasteiger charge is -2.38. The Labute approximate surface area is 214 Å². The number of benzene rings is 3. The molecule has 174 valence electrons. The molecule has 0 bridgehead atoms. The Kier molecular flexibility index (Phi) is 5.59. The fraction of sp³-hybridized carbons (Fsp3) is 0.111. The summed E-state index contributed by atoms with van der Waals surface area (Å²) in [4.78, 5) is 12.5. The molecule has 1 aromatic heterocycles. The van der Waals surface area contributed by atoms with Crippen LogP contribution >= 0.6 is 27.5 Å². The molecule has 0 amide bonds. The zero-order chi connectivity index (χ0) is 23.9. The summed E-state index contributed by atoms with van der Waals surface area (Å²) < 4.78 is 18.4. The summed E-state index contributed by atoms with van der Waals surface area (Å²) in [5, 5.41) is 7.45. The molecular formula is C27H18BrClN2O4. The quantitative estimate of drug-likeness (QED) is 0.200. The van der Waals surface area contributed by atoms with Gasteiger partial charge in [-0.1, -0.05) is 27.5 Å². The smallest absolute Gasteiger partial charge is 0.343 e. The number of nitrogens with zero attached hydrogens (tertiary/aromatic N) is 2. The van der Waals surface area contributed by atoms with Crippen molar-refractivity contribution in [2.75, 3.05) is 0 Å². The summed E-state index contributed by atoms with van der Waals surface area (Å²) in [7, 11) is 0. The Hall–Kier alpha value is -3.55. The fourth-order valence-corrected chi connectivity index (χ4v) is 4.77. The average molecular weight is 550 g/mol. The minimum atomic E-state index is -0.461. The SMILES string of the molecule is O=C(Oc1ccc([C@@H]2Oc3ccc(Cl)cc3[C@@H]3CC(c4ccco4)=NN32)cc1)c1ccc(Br)cc1. The zero-order valence-electron chi connectivity index (χ0n) is 18.2. The molecule has 6 nitrogen and oxygen atoms in total. The normalized spacial score (nSPS) is 18.3. The maximum atomic E-state index is 12.5. The van der Waals surface area contributed by atoms with E-state index in [-0.39, 0.29) is 6.04 Å². The van der Waals surface area contributed by atoms with E-state index in [1.165, 1.54) is 0 Å². The van der Waals surface area contributed by atoms with E-state index in [1.807, 2.05) is 47.5 Å². The highest BCUT2D eigenvalue weighted by Gasteiger charge is 2.41. The second-order valence-corrected chi connectivity index (χ2v) is 9.59. The second kappa shape index (κ2) is 8.91. The van der Waals surface area contributed by atoms with Gasteiger partial charge in [0.25, 0.3) is 0 Å². The number of furan rings is 1. The highest BCUT2D eigenvalue weighted by atomic mass is 79.9. The van der Waals surface area contributed by atoms with Crippen molar-refractivity contribution in [3.05, 3.63) is 117 Å². The van der Waals surface area contributed by atoms with Crippen LogP contribution in [0.1, 0.15) is 45.9 Å². The molecule has 2 aliphatic rings. The van der Waals surface area contributed by atoms with Gasteiger partial charge in [-0.3, -0.25) is 0 Å². The van der Waals surface area contributed by atoms with Gasteiger partial charge >= 0.3 is 5.97 Å². The molecule has 0 spiro atoms. The topological polar surface area (TPSA) is 64.3 Å². The van der Waals surface area contributed by atoms with Crippen molar-refractivity contribution in [3.8, 4) is 11.5 Å². The van der Waals surface area contributed by atoms with Crippen molar-refractivity contribution in [1.29, 1.82) is 0 Å². The molecule has 2 aliphatic heterocycles. The number of esters is 1. The molecule has 6 rings (SSSR count). The van der Waals surface area contributed by atoms with Gasteiger partial charge in [0, 0.05) is 27.0 Å². The number of hydrogen-bond acceptors (Lipinski definition) is 6. The van der Waals surface area contributed by atoms with Crippen LogP contribution in [0.4, 0.5) is 0 Å². The summed E-state index contributed by atoms with van der Waals surface area (Å²) >= 11 is 9.66. The van der Waals surface area contributed by atoms with Crippen LogP contribution in [-0.2, 0) is 0 Å². The van der Waals surface area contributed by atoms with Gasteiger partial charge in [-0.15, -0.1) is 0 Å². The van der Waals surface area contributed by atoms with Gasteiger partial charge in [-0.25, -0.2) is 9.80 Å². The molecule has 0 fully saturated rings. The van der Waals surface area contributed by atoms with Gasteiger partial charge in [0.1, 0.15) is 23.0 Å². The highest BCUT2D eigenvalue weighted by Crippen LogP contribution is 2.48. The van der Waals surface area contributed by atoms with Crippen molar-refractivity contribution in [1.82, 2.24) is 5.01 Å². The van der Waals surface area contributed by atoms with E-state index in [2.05, 4.69) is 15.9 Å². The van der Waals surface area contributed by atoms with E-state index in [0.29, 0.717) is 22.8 Å². The van der Waals surface area contributed by atoms with Crippen molar-refractivity contribution in [2.24, 2.45) is 5.10 Å². The van der Waals surface area contributed by atoms with Gasteiger partial charge in [0.05, 0.1) is 17.9 Å². The predicted octanol–water partition coefficient (Wildman–Crippen LogP) is 7.16. The Morgan fingerprint density at radius 3 is 2.60 bits per heavy atom.